The van der Waals surface area contributed by atoms with Gasteiger partial charge in [0.05, 0.1) is 38.3 Å². The number of H-pyrrole nitrogens is 2. The molecule has 7 aromatic rings. The molecule has 1 aliphatic carbocycles. The Morgan fingerprint density at radius 3 is 1.75 bits per heavy atom. The number of morpholine rings is 1. The molecule has 17 nitrogen and oxygen atoms in total. The second-order valence-corrected chi connectivity index (χ2v) is 18.2. The van der Waals surface area contributed by atoms with Gasteiger partial charge in [0.25, 0.3) is 11.1 Å². The minimum absolute atomic E-state index is 0.220. The summed E-state index contributed by atoms with van der Waals surface area (Å²) in [6.07, 6.45) is 8.99. The highest BCUT2D eigenvalue weighted by Gasteiger charge is 2.66. The van der Waals surface area contributed by atoms with E-state index < -0.39 is 0 Å². The number of benzene rings is 3. The average molecular weight is 872 g/mol. The number of aromatic nitrogens is 8. The van der Waals surface area contributed by atoms with Crippen molar-refractivity contribution in [1.29, 1.82) is 0 Å². The molecule has 4 saturated heterocycles. The molecule has 12 rings (SSSR count). The Kier molecular flexibility index (Phi) is 9.70. The van der Waals surface area contributed by atoms with Gasteiger partial charge >= 0.3 is 0 Å². The Hall–Kier alpha value is -6.98. The smallest absolute Gasteiger partial charge is 0.277 e. The van der Waals surface area contributed by atoms with E-state index in [2.05, 4.69) is 75.0 Å². The normalized spacial score (nSPS) is 21.1. The molecule has 0 radical (unpaired) electrons. The molecule has 2 atom stereocenters. The molecule has 2 unspecified atom stereocenters. The van der Waals surface area contributed by atoms with Crippen molar-refractivity contribution >= 4 is 62.1 Å². The first kappa shape index (κ1) is 39.6. The fourth-order valence-corrected chi connectivity index (χ4v) is 10.8. The fraction of sp³-hybridized carbons (Fsp3) is 0.375. The largest absolute Gasteiger partial charge is 0.378 e. The maximum atomic E-state index is 13.0. The van der Waals surface area contributed by atoms with E-state index in [9.17, 15) is 9.59 Å². The zero-order valence-electron chi connectivity index (χ0n) is 35.9. The summed E-state index contributed by atoms with van der Waals surface area (Å²) in [7, 11) is 0. The summed E-state index contributed by atoms with van der Waals surface area (Å²) < 4.78 is 12.0. The van der Waals surface area contributed by atoms with E-state index in [1.54, 1.807) is 12.4 Å². The highest BCUT2D eigenvalue weighted by molar-refractivity contribution is 5.92. The van der Waals surface area contributed by atoms with E-state index in [0.29, 0.717) is 57.2 Å². The van der Waals surface area contributed by atoms with Crippen molar-refractivity contribution in [2.45, 2.75) is 38.2 Å². The number of nitrogens with zero attached hydrogens (tertiary/aromatic N) is 9. The van der Waals surface area contributed by atoms with Gasteiger partial charge in [-0.05, 0) is 92.0 Å². The molecular formula is C48H49N13O4. The second-order valence-electron chi connectivity index (χ2n) is 18.2. The number of rotatable bonds is 9. The summed E-state index contributed by atoms with van der Waals surface area (Å²) in [5, 5.41) is 20.7. The van der Waals surface area contributed by atoms with Gasteiger partial charge in [-0.15, -0.1) is 0 Å². The average Bonchev–Trinajstić information content (AvgIpc) is 4.02. The maximum absolute atomic E-state index is 13.0. The van der Waals surface area contributed by atoms with Gasteiger partial charge < -0.3 is 34.8 Å². The van der Waals surface area contributed by atoms with E-state index >= 15 is 0 Å². The maximum Gasteiger partial charge on any atom is 0.277 e. The minimum Gasteiger partial charge on any atom is -0.378 e. The highest BCUT2D eigenvalue weighted by Crippen LogP contribution is 2.67. The van der Waals surface area contributed by atoms with Crippen LogP contribution in [0.2, 0.25) is 0 Å². The molecule has 0 amide bonds. The Bertz CT molecular complexity index is 3000. The quantitative estimate of drug-likeness (QED) is 0.131. The lowest BCUT2D eigenvalue weighted by atomic mass is 9.67. The molecule has 0 bridgehead atoms. The molecule has 330 valence electrons. The van der Waals surface area contributed by atoms with E-state index in [1.165, 1.54) is 12.1 Å². The van der Waals surface area contributed by atoms with Gasteiger partial charge in [0.1, 0.15) is 33.4 Å². The van der Waals surface area contributed by atoms with Crippen LogP contribution < -0.4 is 36.5 Å². The van der Waals surface area contributed by atoms with Gasteiger partial charge in [-0.2, -0.15) is 15.2 Å². The highest BCUT2D eigenvalue weighted by atomic mass is 16.5. The molecule has 5 aliphatic rings. The van der Waals surface area contributed by atoms with Crippen molar-refractivity contribution in [3.05, 3.63) is 112 Å². The number of ether oxygens (including phenoxy) is 2. The SMILES string of the molecule is O=c1[nH]ncc2nc(-c3ccccc3)nc(Nc3ccc(N4CCC5(CC4)COC5C4CC45CCN(c4nc(Nc6ccc(N7CCOCC7)cc6)c6c(=O)[nH]ncc6n4)CC5)cc3)c12. The Labute approximate surface area is 373 Å². The monoisotopic (exact) mass is 871 g/mol. The first-order chi connectivity index (χ1) is 31.9. The number of nitrogens with one attached hydrogen (secondary N) is 4. The van der Waals surface area contributed by atoms with E-state index in [0.717, 1.165) is 107 Å². The predicted molar refractivity (Wildman–Crippen MR) is 249 cm³/mol. The topological polar surface area (TPSA) is 195 Å². The zero-order chi connectivity index (χ0) is 43.5. The van der Waals surface area contributed by atoms with Gasteiger partial charge in [-0.3, -0.25) is 9.59 Å². The van der Waals surface area contributed by atoms with Gasteiger partial charge in [-0.25, -0.2) is 25.1 Å². The standard InChI is InChI=1S/C48H49N13O4/c62-44-38-36(27-49-57-44)53-41(30-4-2-1-3-5-30)55-42(38)51-31-6-10-33(11-7-31)59-18-16-48(17-19-59)29-65-40(48)35-26-47(35)14-20-61(21-15-47)46-54-37-28-50-58-45(63)39(37)43(56-46)52-32-8-12-34(13-9-32)60-22-24-64-25-23-60/h1-13,27-28,35,40H,14-26,29H2,(H,57,62)(H,58,63)(H,51,53,55)(H,52,54,56). The molecule has 2 spiro atoms. The van der Waals surface area contributed by atoms with Crippen LogP contribution in [0.15, 0.2) is 101 Å². The minimum atomic E-state index is -0.345. The summed E-state index contributed by atoms with van der Waals surface area (Å²) >= 11 is 0. The molecule has 5 fully saturated rings. The number of hydrogen-bond donors (Lipinski definition) is 4. The van der Waals surface area contributed by atoms with Crippen molar-refractivity contribution in [3.63, 3.8) is 0 Å². The van der Waals surface area contributed by atoms with Gasteiger partial charge in [0.2, 0.25) is 5.95 Å². The Morgan fingerprint density at radius 1 is 0.600 bits per heavy atom. The van der Waals surface area contributed by atoms with E-state index in [1.807, 2.05) is 54.6 Å². The molecular weight excluding hydrogens is 823 g/mol. The van der Waals surface area contributed by atoms with E-state index in [4.69, 9.17) is 24.4 Å². The van der Waals surface area contributed by atoms with Gasteiger partial charge in [0, 0.05) is 73.0 Å². The summed E-state index contributed by atoms with van der Waals surface area (Å²) in [4.78, 5) is 52.2. The summed E-state index contributed by atoms with van der Waals surface area (Å²) in [6.45, 7) is 7.67. The first-order valence-electron chi connectivity index (χ1n) is 22.7. The Balaban J connectivity index is 0.684. The number of piperidine rings is 2. The van der Waals surface area contributed by atoms with Crippen LogP contribution in [0.4, 0.5) is 40.3 Å². The van der Waals surface area contributed by atoms with Crippen LogP contribution in [-0.2, 0) is 9.47 Å². The molecule has 65 heavy (non-hydrogen) atoms. The number of fused-ring (bicyclic) bond motifs is 2. The summed E-state index contributed by atoms with van der Waals surface area (Å²) in [5.74, 6) is 2.61. The number of hydrogen-bond acceptors (Lipinski definition) is 15. The van der Waals surface area contributed by atoms with Crippen molar-refractivity contribution in [2.24, 2.45) is 16.7 Å². The molecule has 1 saturated carbocycles. The molecule has 8 heterocycles. The zero-order valence-corrected chi connectivity index (χ0v) is 35.9. The fourth-order valence-electron chi connectivity index (χ4n) is 10.8. The molecule has 17 heteroatoms. The van der Waals surface area contributed by atoms with Crippen LogP contribution in [0.3, 0.4) is 0 Å². The van der Waals surface area contributed by atoms with Crippen molar-refractivity contribution in [3.8, 4) is 11.4 Å². The van der Waals surface area contributed by atoms with Crippen molar-refractivity contribution < 1.29 is 9.47 Å². The van der Waals surface area contributed by atoms with Crippen LogP contribution in [0.25, 0.3) is 33.2 Å². The number of anilines is 7. The first-order valence-corrected chi connectivity index (χ1v) is 22.7. The van der Waals surface area contributed by atoms with Crippen molar-refractivity contribution in [2.75, 3.05) is 84.4 Å². The summed E-state index contributed by atoms with van der Waals surface area (Å²) in [6, 6.07) is 26.3. The lowest BCUT2D eigenvalue weighted by Gasteiger charge is -2.55. The van der Waals surface area contributed by atoms with Gasteiger partial charge in [0.15, 0.2) is 5.82 Å². The van der Waals surface area contributed by atoms with E-state index in [-0.39, 0.29) is 21.9 Å². The second kappa shape index (κ2) is 15.9. The van der Waals surface area contributed by atoms with Crippen LogP contribution >= 0.6 is 0 Å². The van der Waals surface area contributed by atoms with Crippen molar-refractivity contribution in [1.82, 2.24) is 40.3 Å². The molecule has 4 N–H and O–H groups in total. The molecule has 4 aromatic heterocycles. The molecule has 3 aromatic carbocycles. The lowest BCUT2D eigenvalue weighted by Crippen LogP contribution is -2.59. The predicted octanol–water partition coefficient (Wildman–Crippen LogP) is 6.02. The van der Waals surface area contributed by atoms with Crippen LogP contribution in [0.1, 0.15) is 32.1 Å². The Morgan fingerprint density at radius 2 is 1.15 bits per heavy atom. The van der Waals surface area contributed by atoms with Crippen LogP contribution in [0, 0.1) is 16.7 Å². The molecule has 4 aliphatic heterocycles. The van der Waals surface area contributed by atoms with Crippen LogP contribution in [0.5, 0.6) is 0 Å². The van der Waals surface area contributed by atoms with Gasteiger partial charge in [-0.1, -0.05) is 30.3 Å². The summed E-state index contributed by atoms with van der Waals surface area (Å²) in [5.41, 5.74) is 5.67. The third-order valence-electron chi connectivity index (χ3n) is 14.6. The van der Waals surface area contributed by atoms with Crippen LogP contribution in [-0.4, -0.2) is 106 Å². The lowest BCUT2D eigenvalue weighted by molar-refractivity contribution is -0.210. The third-order valence-corrected chi connectivity index (χ3v) is 14.6. The number of aromatic amines is 2. The third kappa shape index (κ3) is 7.28.